The third-order valence-corrected chi connectivity index (χ3v) is 3.06. The van der Waals surface area contributed by atoms with E-state index in [9.17, 15) is 0 Å². The van der Waals surface area contributed by atoms with Gasteiger partial charge in [-0.3, -0.25) is 9.11 Å². The maximum atomic E-state index is 8.74. The van der Waals surface area contributed by atoms with Gasteiger partial charge in [0.25, 0.3) is 0 Å². The van der Waals surface area contributed by atoms with E-state index in [1.165, 1.54) is 5.56 Å². The Morgan fingerprint density at radius 3 is 1.86 bits per heavy atom. The minimum Gasteiger partial charge on any atom is -0.314 e. The molecular weight excluding hydrogens is 290 g/mol. The summed E-state index contributed by atoms with van der Waals surface area (Å²) in [6, 6.07) is 10.6. The van der Waals surface area contributed by atoms with Crippen molar-refractivity contribution in [2.75, 3.05) is 19.6 Å². The van der Waals surface area contributed by atoms with E-state index in [0.717, 1.165) is 30.7 Å². The molecule has 118 valence electrons. The lowest BCUT2D eigenvalue weighted by molar-refractivity contribution is -0.928. The van der Waals surface area contributed by atoms with Crippen molar-refractivity contribution in [3.63, 3.8) is 0 Å². The van der Waals surface area contributed by atoms with Crippen molar-refractivity contribution >= 4 is 10.4 Å². The summed E-state index contributed by atoms with van der Waals surface area (Å²) in [6.45, 7) is 14.1. The van der Waals surface area contributed by atoms with E-state index >= 15 is 0 Å². The zero-order valence-corrected chi connectivity index (χ0v) is 13.2. The third-order valence-electron chi connectivity index (χ3n) is 3.06. The second-order valence-electron chi connectivity index (χ2n) is 4.69. The van der Waals surface area contributed by atoms with Crippen molar-refractivity contribution in [1.82, 2.24) is 0 Å². The predicted molar refractivity (Wildman–Crippen MR) is 85.3 cm³/mol. The number of benzene rings is 1. The van der Waals surface area contributed by atoms with E-state index in [2.05, 4.69) is 50.4 Å². The van der Waals surface area contributed by atoms with Gasteiger partial charge in [-0.2, -0.15) is 8.42 Å². The summed E-state index contributed by atoms with van der Waals surface area (Å²) < 4.78 is 32.6. The topological polar surface area (TPSA) is 74.6 Å². The van der Waals surface area contributed by atoms with Crippen LogP contribution in [0.4, 0.5) is 0 Å². The molecule has 6 heteroatoms. The van der Waals surface area contributed by atoms with Gasteiger partial charge in [-0.1, -0.05) is 43.5 Å². The van der Waals surface area contributed by atoms with Crippen LogP contribution in [0.3, 0.4) is 0 Å². The van der Waals surface area contributed by atoms with Crippen molar-refractivity contribution in [3.05, 3.63) is 61.2 Å². The average Bonchev–Trinajstić information content (AvgIpc) is 2.38. The normalized spacial score (nSPS) is 11.2. The summed E-state index contributed by atoms with van der Waals surface area (Å²) >= 11 is 0. The highest BCUT2D eigenvalue weighted by molar-refractivity contribution is 7.79. The molecule has 0 fully saturated rings. The van der Waals surface area contributed by atoms with Gasteiger partial charge >= 0.3 is 10.4 Å². The van der Waals surface area contributed by atoms with Gasteiger partial charge in [0.2, 0.25) is 0 Å². The average molecular weight is 314 g/mol. The largest absolute Gasteiger partial charge is 0.394 e. The summed E-state index contributed by atoms with van der Waals surface area (Å²) in [4.78, 5) is 0. The monoisotopic (exact) mass is 314 g/mol. The highest BCUT2D eigenvalue weighted by Gasteiger charge is 2.22. The zero-order valence-electron chi connectivity index (χ0n) is 12.4. The van der Waals surface area contributed by atoms with Crippen LogP contribution in [0.15, 0.2) is 55.6 Å². The highest BCUT2D eigenvalue weighted by Crippen LogP contribution is 2.14. The van der Waals surface area contributed by atoms with Crippen LogP contribution in [-0.4, -0.2) is 41.6 Å². The number of quaternary nitrogens is 1. The molecular formula is C15H24NO4S+. The fourth-order valence-corrected chi connectivity index (χ4v) is 2.09. The molecule has 0 bridgehead atoms. The molecule has 0 spiro atoms. The van der Waals surface area contributed by atoms with Crippen molar-refractivity contribution in [1.29, 1.82) is 0 Å². The molecule has 1 rings (SSSR count). The second kappa shape index (κ2) is 9.46. The van der Waals surface area contributed by atoms with Crippen LogP contribution < -0.4 is 0 Å². The van der Waals surface area contributed by atoms with Crippen LogP contribution >= 0.6 is 0 Å². The molecule has 0 aliphatic carbocycles. The van der Waals surface area contributed by atoms with Crippen molar-refractivity contribution in [3.8, 4) is 0 Å². The predicted octanol–water partition coefficient (Wildman–Crippen LogP) is 2.74. The van der Waals surface area contributed by atoms with E-state index in [1.807, 2.05) is 12.2 Å². The summed E-state index contributed by atoms with van der Waals surface area (Å²) in [6.07, 6.45) is 4.02. The molecule has 0 heterocycles. The minimum absolute atomic E-state index is 0.997. The summed E-state index contributed by atoms with van der Waals surface area (Å²) in [5.41, 5.74) is 1.38. The molecule has 0 aliphatic rings. The van der Waals surface area contributed by atoms with E-state index in [1.54, 1.807) is 0 Å². The Morgan fingerprint density at radius 1 is 1.10 bits per heavy atom. The van der Waals surface area contributed by atoms with Crippen molar-refractivity contribution in [2.24, 2.45) is 0 Å². The van der Waals surface area contributed by atoms with E-state index < -0.39 is 10.4 Å². The number of rotatable bonds is 7. The molecule has 5 nitrogen and oxygen atoms in total. The molecule has 0 aliphatic heterocycles. The number of nitrogens with zero attached hydrogens (tertiary/aromatic N) is 1. The number of hydrogen-bond acceptors (Lipinski definition) is 2. The van der Waals surface area contributed by atoms with Gasteiger partial charge in [-0.25, -0.2) is 0 Å². The smallest absolute Gasteiger partial charge is 0.314 e. The van der Waals surface area contributed by atoms with Crippen LogP contribution in [0.2, 0.25) is 0 Å². The second-order valence-corrected chi connectivity index (χ2v) is 5.59. The molecule has 0 radical (unpaired) electrons. The minimum atomic E-state index is -4.67. The lowest BCUT2D eigenvalue weighted by Crippen LogP contribution is -2.47. The van der Waals surface area contributed by atoms with Crippen LogP contribution in [0.1, 0.15) is 12.5 Å². The molecule has 1 aromatic rings. The Kier molecular flexibility index (Phi) is 8.80. The van der Waals surface area contributed by atoms with Gasteiger partial charge < -0.3 is 4.48 Å². The first-order valence-electron chi connectivity index (χ1n) is 6.57. The molecule has 0 aromatic heterocycles. The van der Waals surface area contributed by atoms with Gasteiger partial charge in [0.05, 0.1) is 19.6 Å². The third kappa shape index (κ3) is 9.97. The lowest BCUT2D eigenvalue weighted by atomic mass is 10.1. The maximum Gasteiger partial charge on any atom is 0.394 e. The Bertz CT molecular complexity index is 508. The van der Waals surface area contributed by atoms with E-state index in [0.29, 0.717) is 0 Å². The number of likely N-dealkylation sites (N-methyl/N-ethyl adjacent to an activating group) is 1. The van der Waals surface area contributed by atoms with E-state index in [4.69, 9.17) is 17.5 Å². The number of hydrogen-bond donors (Lipinski definition) is 2. The van der Waals surface area contributed by atoms with Gasteiger partial charge in [-0.05, 0) is 19.1 Å². The highest BCUT2D eigenvalue weighted by atomic mass is 32.3. The van der Waals surface area contributed by atoms with Crippen LogP contribution in [-0.2, 0) is 16.9 Å². The first-order valence-corrected chi connectivity index (χ1v) is 7.96. The van der Waals surface area contributed by atoms with Crippen molar-refractivity contribution in [2.45, 2.75) is 13.5 Å². The SMILES string of the molecule is C=CC[N+](CC)(CC=C)Cc1ccccc1.O=S(=O)(O)O. The summed E-state index contributed by atoms with van der Waals surface area (Å²) in [5.74, 6) is 0. The molecule has 0 saturated heterocycles. The van der Waals surface area contributed by atoms with Crippen LogP contribution in [0, 0.1) is 0 Å². The van der Waals surface area contributed by atoms with Gasteiger partial charge in [0.1, 0.15) is 6.54 Å². The molecule has 0 amide bonds. The van der Waals surface area contributed by atoms with Crippen molar-refractivity contribution < 1.29 is 22.0 Å². The molecule has 0 unspecified atom stereocenters. The zero-order chi connectivity index (χ0) is 16.4. The molecule has 21 heavy (non-hydrogen) atoms. The van der Waals surface area contributed by atoms with E-state index in [-0.39, 0.29) is 0 Å². The molecule has 0 saturated carbocycles. The standard InChI is InChI=1S/C15H22N.H2O4S/c1-4-12-16(6-3,13-5-2)14-15-10-8-7-9-11-15;1-5(2,3)4/h4-5,7-11H,1-2,6,12-14H2,3H3;(H2,1,2,3,4)/q+1;. The fraction of sp³-hybridized carbons (Fsp3) is 0.333. The van der Waals surface area contributed by atoms with Gasteiger partial charge in [0.15, 0.2) is 0 Å². The fourth-order valence-electron chi connectivity index (χ4n) is 2.09. The first kappa shape index (κ1) is 19.5. The van der Waals surface area contributed by atoms with Gasteiger partial charge in [0, 0.05) is 5.56 Å². The molecule has 1 aromatic carbocycles. The van der Waals surface area contributed by atoms with Gasteiger partial charge in [-0.15, -0.1) is 0 Å². The quantitative estimate of drug-likeness (QED) is 0.461. The molecule has 2 N–H and O–H groups in total. The summed E-state index contributed by atoms with van der Waals surface area (Å²) in [5, 5.41) is 0. The van der Waals surface area contributed by atoms with Crippen LogP contribution in [0.5, 0.6) is 0 Å². The lowest BCUT2D eigenvalue weighted by Gasteiger charge is -2.36. The molecule has 0 atom stereocenters. The Hall–Kier alpha value is -1.47. The first-order chi connectivity index (χ1) is 9.76. The Balaban J connectivity index is 0.000000690. The maximum absolute atomic E-state index is 8.74. The van der Waals surface area contributed by atoms with Crippen LogP contribution in [0.25, 0.3) is 0 Å². The summed E-state index contributed by atoms with van der Waals surface area (Å²) in [7, 11) is -4.67. The Morgan fingerprint density at radius 2 is 1.52 bits per heavy atom. The Labute approximate surface area is 127 Å².